The lowest BCUT2D eigenvalue weighted by Gasteiger charge is -2.25. The van der Waals surface area contributed by atoms with Crippen molar-refractivity contribution in [1.82, 2.24) is 0 Å². The van der Waals surface area contributed by atoms with Gasteiger partial charge in [-0.05, 0) is 19.1 Å². The van der Waals surface area contributed by atoms with Gasteiger partial charge in [-0.25, -0.2) is 0 Å². The summed E-state index contributed by atoms with van der Waals surface area (Å²) >= 11 is 0. The third kappa shape index (κ3) is 2.26. The molecule has 0 spiro atoms. The third-order valence-corrected chi connectivity index (χ3v) is 2.40. The Morgan fingerprint density at radius 2 is 2.13 bits per heavy atom. The predicted molar refractivity (Wildman–Crippen MR) is 58.2 cm³/mol. The number of primary amides is 1. The van der Waals surface area contributed by atoms with Crippen molar-refractivity contribution in [3.8, 4) is 6.07 Å². The van der Waals surface area contributed by atoms with Crippen molar-refractivity contribution >= 4 is 11.6 Å². The van der Waals surface area contributed by atoms with Gasteiger partial charge < -0.3 is 10.6 Å². The van der Waals surface area contributed by atoms with Crippen LogP contribution in [0.25, 0.3) is 0 Å². The first-order valence-electron chi connectivity index (χ1n) is 4.59. The lowest BCUT2D eigenvalue weighted by atomic mass is 10.1. The van der Waals surface area contributed by atoms with Crippen molar-refractivity contribution in [2.75, 3.05) is 11.9 Å². The molecule has 15 heavy (non-hydrogen) atoms. The Morgan fingerprint density at radius 3 is 2.67 bits per heavy atom. The molecule has 0 aliphatic carbocycles. The van der Waals surface area contributed by atoms with Gasteiger partial charge in [0.15, 0.2) is 0 Å². The van der Waals surface area contributed by atoms with Crippen molar-refractivity contribution in [3.05, 3.63) is 29.8 Å². The summed E-state index contributed by atoms with van der Waals surface area (Å²) in [6.45, 7) is 1.70. The first-order valence-corrected chi connectivity index (χ1v) is 4.59. The van der Waals surface area contributed by atoms with E-state index in [4.69, 9.17) is 11.0 Å². The molecule has 0 aromatic heterocycles. The van der Waals surface area contributed by atoms with E-state index in [0.29, 0.717) is 11.3 Å². The molecule has 1 amide bonds. The predicted octanol–water partition coefficient (Wildman–Crippen LogP) is 0.868. The Balaban J connectivity index is 3.06. The monoisotopic (exact) mass is 203 g/mol. The summed E-state index contributed by atoms with van der Waals surface area (Å²) in [4.78, 5) is 12.7. The number of amides is 1. The molecule has 1 atom stereocenters. The Kier molecular flexibility index (Phi) is 3.29. The molecule has 0 aliphatic heterocycles. The van der Waals surface area contributed by atoms with E-state index in [1.807, 2.05) is 6.07 Å². The van der Waals surface area contributed by atoms with E-state index in [1.54, 1.807) is 37.1 Å². The summed E-state index contributed by atoms with van der Waals surface area (Å²) in [6.07, 6.45) is 0. The second-order valence-electron chi connectivity index (χ2n) is 3.32. The van der Waals surface area contributed by atoms with Gasteiger partial charge in [0.1, 0.15) is 12.1 Å². The van der Waals surface area contributed by atoms with Crippen LogP contribution in [0.4, 0.5) is 5.69 Å². The van der Waals surface area contributed by atoms with Crippen molar-refractivity contribution in [3.63, 3.8) is 0 Å². The number of carbonyl (C=O) groups excluding carboxylic acids is 1. The second kappa shape index (κ2) is 4.47. The van der Waals surface area contributed by atoms with Crippen molar-refractivity contribution in [1.29, 1.82) is 5.26 Å². The minimum atomic E-state index is -0.431. The number of likely N-dealkylation sites (N-methyl/N-ethyl adjacent to an activating group) is 1. The highest BCUT2D eigenvalue weighted by Gasteiger charge is 2.17. The molecule has 1 unspecified atom stereocenters. The summed E-state index contributed by atoms with van der Waals surface area (Å²) in [5.74, 6) is -0.412. The molecule has 78 valence electrons. The number of nitrogens with zero attached hydrogens (tertiary/aromatic N) is 2. The molecule has 4 nitrogen and oxygen atoms in total. The Bertz CT molecular complexity index is 409. The van der Waals surface area contributed by atoms with Gasteiger partial charge in [-0.2, -0.15) is 5.26 Å². The lowest BCUT2D eigenvalue weighted by Crippen LogP contribution is -2.40. The van der Waals surface area contributed by atoms with Crippen LogP contribution >= 0.6 is 0 Å². The molecule has 0 saturated carbocycles. The highest BCUT2D eigenvalue weighted by molar-refractivity contribution is 5.83. The van der Waals surface area contributed by atoms with Crippen LogP contribution in [0.2, 0.25) is 0 Å². The van der Waals surface area contributed by atoms with Gasteiger partial charge >= 0.3 is 0 Å². The number of carbonyl (C=O) groups is 1. The summed E-state index contributed by atoms with van der Waals surface area (Å²) < 4.78 is 0. The average Bonchev–Trinajstić information content (AvgIpc) is 2.26. The van der Waals surface area contributed by atoms with Crippen molar-refractivity contribution in [2.24, 2.45) is 5.73 Å². The van der Waals surface area contributed by atoms with Gasteiger partial charge in [-0.1, -0.05) is 12.1 Å². The smallest absolute Gasteiger partial charge is 0.239 e. The number of hydrogen-bond acceptors (Lipinski definition) is 3. The first-order chi connectivity index (χ1) is 7.07. The van der Waals surface area contributed by atoms with E-state index in [1.165, 1.54) is 0 Å². The minimum Gasteiger partial charge on any atom is -0.368 e. The van der Waals surface area contributed by atoms with Crippen LogP contribution in [0, 0.1) is 11.3 Å². The van der Waals surface area contributed by atoms with Crippen molar-refractivity contribution < 1.29 is 4.79 Å². The van der Waals surface area contributed by atoms with Gasteiger partial charge in [-0.3, -0.25) is 4.79 Å². The van der Waals surface area contributed by atoms with Crippen LogP contribution in [0.15, 0.2) is 24.3 Å². The molecule has 2 N–H and O–H groups in total. The van der Waals surface area contributed by atoms with E-state index in [2.05, 4.69) is 6.07 Å². The van der Waals surface area contributed by atoms with Crippen LogP contribution in [0.1, 0.15) is 12.5 Å². The van der Waals surface area contributed by atoms with Crippen LogP contribution < -0.4 is 10.6 Å². The molecule has 4 heteroatoms. The van der Waals surface area contributed by atoms with E-state index in [-0.39, 0.29) is 0 Å². The average molecular weight is 203 g/mol. The number of anilines is 1. The van der Waals surface area contributed by atoms with Gasteiger partial charge in [0.05, 0.1) is 11.3 Å². The molecule has 1 rings (SSSR count). The zero-order valence-corrected chi connectivity index (χ0v) is 8.77. The summed E-state index contributed by atoms with van der Waals surface area (Å²) in [5, 5.41) is 8.89. The van der Waals surface area contributed by atoms with Crippen LogP contribution in [-0.4, -0.2) is 19.0 Å². The van der Waals surface area contributed by atoms with E-state index in [0.717, 1.165) is 0 Å². The highest BCUT2D eigenvalue weighted by Crippen LogP contribution is 2.19. The quantitative estimate of drug-likeness (QED) is 0.792. The molecule has 0 aliphatic rings. The molecular weight excluding hydrogens is 190 g/mol. The minimum absolute atomic E-state index is 0.412. The number of hydrogen-bond donors (Lipinski definition) is 1. The topological polar surface area (TPSA) is 70.1 Å². The molecule has 0 bridgehead atoms. The number of nitrogens with two attached hydrogens (primary N) is 1. The molecular formula is C11H13N3O. The fraction of sp³-hybridized carbons (Fsp3) is 0.273. The SMILES string of the molecule is CC(C(N)=O)N(C)c1ccccc1C#N. The standard InChI is InChI=1S/C11H13N3O/c1-8(11(13)15)14(2)10-6-4-3-5-9(10)7-12/h3-6,8H,1-2H3,(H2,13,15). The molecule has 1 aromatic carbocycles. The Morgan fingerprint density at radius 1 is 1.53 bits per heavy atom. The van der Waals surface area contributed by atoms with Gasteiger partial charge in [0, 0.05) is 7.05 Å². The molecule has 1 aromatic rings. The normalized spacial score (nSPS) is 11.5. The number of nitriles is 1. The van der Waals surface area contributed by atoms with Gasteiger partial charge in [0.2, 0.25) is 5.91 Å². The van der Waals surface area contributed by atoms with Crippen molar-refractivity contribution in [2.45, 2.75) is 13.0 Å². The number of rotatable bonds is 3. The van der Waals surface area contributed by atoms with E-state index < -0.39 is 11.9 Å². The second-order valence-corrected chi connectivity index (χ2v) is 3.32. The van der Waals surface area contributed by atoms with E-state index >= 15 is 0 Å². The lowest BCUT2D eigenvalue weighted by molar-refractivity contribution is -0.118. The number of benzene rings is 1. The maximum atomic E-state index is 11.0. The zero-order valence-electron chi connectivity index (χ0n) is 8.77. The fourth-order valence-electron chi connectivity index (χ4n) is 1.28. The highest BCUT2D eigenvalue weighted by atomic mass is 16.1. The number of para-hydroxylation sites is 1. The van der Waals surface area contributed by atoms with E-state index in [9.17, 15) is 4.79 Å². The van der Waals surface area contributed by atoms with Crippen LogP contribution in [0.5, 0.6) is 0 Å². The molecule has 0 fully saturated rings. The molecule has 0 radical (unpaired) electrons. The first kappa shape index (κ1) is 11.1. The molecule has 0 saturated heterocycles. The maximum absolute atomic E-state index is 11.0. The summed E-state index contributed by atoms with van der Waals surface area (Å²) in [6, 6.07) is 8.75. The van der Waals surface area contributed by atoms with Gasteiger partial charge in [0.25, 0.3) is 0 Å². The Hall–Kier alpha value is -2.02. The Labute approximate surface area is 88.9 Å². The summed E-state index contributed by atoms with van der Waals surface area (Å²) in [7, 11) is 1.74. The van der Waals surface area contributed by atoms with Crippen LogP contribution in [-0.2, 0) is 4.79 Å². The third-order valence-electron chi connectivity index (χ3n) is 2.40. The van der Waals surface area contributed by atoms with Crippen LogP contribution in [0.3, 0.4) is 0 Å². The molecule has 0 heterocycles. The maximum Gasteiger partial charge on any atom is 0.239 e. The summed E-state index contributed by atoms with van der Waals surface area (Å²) in [5.41, 5.74) is 6.45. The largest absolute Gasteiger partial charge is 0.368 e. The van der Waals surface area contributed by atoms with Gasteiger partial charge in [-0.15, -0.1) is 0 Å². The fourth-order valence-corrected chi connectivity index (χ4v) is 1.28. The zero-order chi connectivity index (χ0) is 11.4.